The monoisotopic (exact) mass is 179 g/mol. The van der Waals surface area contributed by atoms with Crippen LogP contribution < -0.4 is 4.74 Å². The van der Waals surface area contributed by atoms with Crippen molar-refractivity contribution in [3.63, 3.8) is 0 Å². The van der Waals surface area contributed by atoms with E-state index in [1.807, 2.05) is 0 Å². The summed E-state index contributed by atoms with van der Waals surface area (Å²) in [7, 11) is 0. The van der Waals surface area contributed by atoms with E-state index in [0.717, 1.165) is 0 Å². The SMILES string of the molecule is O=C=Nc1ccccc1OC(=O)O. The molecule has 1 aromatic carbocycles. The van der Waals surface area contributed by atoms with E-state index < -0.39 is 6.16 Å². The van der Waals surface area contributed by atoms with Crippen LogP contribution in [0, 0.1) is 0 Å². The number of rotatable bonds is 2. The van der Waals surface area contributed by atoms with Crippen molar-refractivity contribution in [3.8, 4) is 5.75 Å². The van der Waals surface area contributed by atoms with Crippen molar-refractivity contribution >= 4 is 17.9 Å². The van der Waals surface area contributed by atoms with Crippen LogP contribution in [0.5, 0.6) is 5.75 Å². The van der Waals surface area contributed by atoms with Gasteiger partial charge in [0.15, 0.2) is 5.75 Å². The summed E-state index contributed by atoms with van der Waals surface area (Å²) in [5.41, 5.74) is 0.139. The topological polar surface area (TPSA) is 76.0 Å². The Morgan fingerprint density at radius 3 is 2.77 bits per heavy atom. The summed E-state index contributed by atoms with van der Waals surface area (Å²) < 4.78 is 4.34. The van der Waals surface area contributed by atoms with Crippen LogP contribution in [0.25, 0.3) is 0 Å². The molecular formula is C8H5NO4. The van der Waals surface area contributed by atoms with Crippen LogP contribution in [0.15, 0.2) is 29.3 Å². The second kappa shape index (κ2) is 4.04. The van der Waals surface area contributed by atoms with Gasteiger partial charge < -0.3 is 9.84 Å². The summed E-state index contributed by atoms with van der Waals surface area (Å²) in [5, 5.41) is 8.30. The molecule has 0 aliphatic carbocycles. The van der Waals surface area contributed by atoms with E-state index in [0.29, 0.717) is 0 Å². The number of ether oxygens (including phenoxy) is 1. The smallest absolute Gasteiger partial charge is 0.449 e. The molecule has 0 spiro atoms. The van der Waals surface area contributed by atoms with Crippen LogP contribution in [-0.4, -0.2) is 17.3 Å². The Balaban J connectivity index is 3.04. The van der Waals surface area contributed by atoms with Crippen molar-refractivity contribution in [1.29, 1.82) is 0 Å². The zero-order chi connectivity index (χ0) is 9.68. The van der Waals surface area contributed by atoms with Gasteiger partial charge in [0.1, 0.15) is 5.69 Å². The first kappa shape index (κ1) is 8.96. The molecule has 0 amide bonds. The number of hydrogen-bond acceptors (Lipinski definition) is 4. The van der Waals surface area contributed by atoms with Gasteiger partial charge in [0.05, 0.1) is 0 Å². The van der Waals surface area contributed by atoms with E-state index in [4.69, 9.17) is 5.11 Å². The first-order valence-corrected chi connectivity index (χ1v) is 3.31. The number of benzene rings is 1. The van der Waals surface area contributed by atoms with E-state index >= 15 is 0 Å². The second-order valence-electron chi connectivity index (χ2n) is 2.04. The van der Waals surface area contributed by atoms with Crippen LogP contribution >= 0.6 is 0 Å². The van der Waals surface area contributed by atoms with Gasteiger partial charge in [0.25, 0.3) is 0 Å². The van der Waals surface area contributed by atoms with E-state index in [1.54, 1.807) is 12.1 Å². The number of nitrogens with zero attached hydrogens (tertiary/aromatic N) is 1. The third kappa shape index (κ3) is 2.43. The van der Waals surface area contributed by atoms with Crippen LogP contribution in [0.2, 0.25) is 0 Å². The van der Waals surface area contributed by atoms with Gasteiger partial charge >= 0.3 is 6.16 Å². The highest BCUT2D eigenvalue weighted by atomic mass is 16.7. The summed E-state index contributed by atoms with van der Waals surface area (Å²) in [5.74, 6) is 0.0124. The van der Waals surface area contributed by atoms with Crippen LogP contribution in [0.4, 0.5) is 10.5 Å². The summed E-state index contributed by atoms with van der Waals surface area (Å²) >= 11 is 0. The number of hydrogen-bond donors (Lipinski definition) is 1. The Bertz CT molecular complexity index is 368. The van der Waals surface area contributed by atoms with E-state index in [-0.39, 0.29) is 11.4 Å². The minimum Gasteiger partial charge on any atom is -0.449 e. The van der Waals surface area contributed by atoms with Crippen LogP contribution in [0.3, 0.4) is 0 Å². The van der Waals surface area contributed by atoms with Crippen molar-refractivity contribution in [3.05, 3.63) is 24.3 Å². The summed E-state index contributed by atoms with van der Waals surface area (Å²) in [6.07, 6.45) is -0.151. The molecule has 5 heteroatoms. The molecule has 0 aliphatic heterocycles. The normalized spacial score (nSPS) is 8.62. The number of carboxylic acid groups (broad SMARTS) is 1. The fourth-order valence-electron chi connectivity index (χ4n) is 0.779. The molecule has 0 atom stereocenters. The number of carbonyl (C=O) groups excluding carboxylic acids is 1. The third-order valence-electron chi connectivity index (χ3n) is 1.23. The van der Waals surface area contributed by atoms with Gasteiger partial charge in [-0.05, 0) is 12.1 Å². The van der Waals surface area contributed by atoms with Gasteiger partial charge in [-0.3, -0.25) is 0 Å². The molecule has 0 heterocycles. The van der Waals surface area contributed by atoms with Crippen molar-refractivity contribution < 1.29 is 19.4 Å². The van der Waals surface area contributed by atoms with Gasteiger partial charge in [0, 0.05) is 0 Å². The standard InChI is InChI=1S/C8H5NO4/c10-5-9-6-3-1-2-4-7(6)13-8(11)12/h1-4H,(H,11,12). The predicted molar refractivity (Wildman–Crippen MR) is 42.9 cm³/mol. The molecule has 0 bridgehead atoms. The maximum atomic E-state index is 10.2. The van der Waals surface area contributed by atoms with Gasteiger partial charge in [-0.25, -0.2) is 9.59 Å². The van der Waals surface area contributed by atoms with E-state index in [2.05, 4.69) is 9.73 Å². The molecule has 66 valence electrons. The van der Waals surface area contributed by atoms with Crippen molar-refractivity contribution in [2.45, 2.75) is 0 Å². The quantitative estimate of drug-likeness (QED) is 0.324. The third-order valence-corrected chi connectivity index (χ3v) is 1.23. The first-order valence-electron chi connectivity index (χ1n) is 3.31. The minimum absolute atomic E-state index is 0.0124. The molecule has 1 aromatic rings. The van der Waals surface area contributed by atoms with Gasteiger partial charge in [-0.1, -0.05) is 12.1 Å². The first-order chi connectivity index (χ1) is 6.24. The fraction of sp³-hybridized carbons (Fsp3) is 0. The van der Waals surface area contributed by atoms with Gasteiger partial charge in [-0.15, -0.1) is 0 Å². The zero-order valence-corrected chi connectivity index (χ0v) is 6.43. The highest BCUT2D eigenvalue weighted by Gasteiger charge is 2.05. The molecule has 0 radical (unpaired) electrons. The van der Waals surface area contributed by atoms with Crippen LogP contribution in [-0.2, 0) is 4.79 Å². The minimum atomic E-state index is -1.45. The molecule has 0 aromatic heterocycles. The summed E-state index contributed by atoms with van der Waals surface area (Å²) in [4.78, 5) is 23.3. The van der Waals surface area contributed by atoms with Crippen molar-refractivity contribution in [2.75, 3.05) is 0 Å². The number of para-hydroxylation sites is 2. The molecule has 5 nitrogen and oxygen atoms in total. The molecule has 0 unspecified atom stereocenters. The number of isocyanates is 1. The van der Waals surface area contributed by atoms with Gasteiger partial charge in [-0.2, -0.15) is 4.99 Å². The molecule has 0 fully saturated rings. The second-order valence-corrected chi connectivity index (χ2v) is 2.04. The molecule has 0 aliphatic rings. The highest BCUT2D eigenvalue weighted by molar-refractivity contribution is 5.66. The van der Waals surface area contributed by atoms with Gasteiger partial charge in [0.2, 0.25) is 6.08 Å². The maximum absolute atomic E-state index is 10.2. The maximum Gasteiger partial charge on any atom is 0.511 e. The highest BCUT2D eigenvalue weighted by Crippen LogP contribution is 2.25. The zero-order valence-electron chi connectivity index (χ0n) is 6.43. The molecule has 1 N–H and O–H groups in total. The molecule has 13 heavy (non-hydrogen) atoms. The molecule has 1 rings (SSSR count). The molecule has 0 saturated carbocycles. The lowest BCUT2D eigenvalue weighted by Crippen LogP contribution is -2.02. The summed E-state index contributed by atoms with van der Waals surface area (Å²) in [6.45, 7) is 0. The molecule has 0 saturated heterocycles. The van der Waals surface area contributed by atoms with Crippen molar-refractivity contribution in [2.24, 2.45) is 4.99 Å². The van der Waals surface area contributed by atoms with E-state index in [1.165, 1.54) is 18.2 Å². The van der Waals surface area contributed by atoms with Crippen LogP contribution in [0.1, 0.15) is 0 Å². The Morgan fingerprint density at radius 1 is 1.46 bits per heavy atom. The molecular weight excluding hydrogens is 174 g/mol. The number of aliphatic imine (C=N–C) groups is 1. The number of carbonyl (C=O) groups is 1. The summed E-state index contributed by atoms with van der Waals surface area (Å²) in [6, 6.07) is 6.01. The largest absolute Gasteiger partial charge is 0.511 e. The Hall–Kier alpha value is -2.13. The lowest BCUT2D eigenvalue weighted by molar-refractivity contribution is 0.144. The predicted octanol–water partition coefficient (Wildman–Crippen LogP) is 1.71. The van der Waals surface area contributed by atoms with Crippen molar-refractivity contribution in [1.82, 2.24) is 0 Å². The van der Waals surface area contributed by atoms with E-state index in [9.17, 15) is 9.59 Å². The average molecular weight is 179 g/mol. The lowest BCUT2D eigenvalue weighted by atomic mass is 10.3. The Labute approximate surface area is 73.3 Å². The Morgan fingerprint density at radius 2 is 2.15 bits per heavy atom. The Kier molecular flexibility index (Phi) is 2.78. The average Bonchev–Trinajstić information content (AvgIpc) is 2.08. The fourth-order valence-corrected chi connectivity index (χ4v) is 0.779. The lowest BCUT2D eigenvalue weighted by Gasteiger charge is -2.00.